The first-order valence-electron chi connectivity index (χ1n) is 14.8. The van der Waals surface area contributed by atoms with Crippen LogP contribution in [0.15, 0.2) is 48.1 Å². The van der Waals surface area contributed by atoms with Crippen molar-refractivity contribution in [3.8, 4) is 0 Å². The highest BCUT2D eigenvalue weighted by Crippen LogP contribution is 2.47. The number of rotatable bonds is 10. The van der Waals surface area contributed by atoms with Crippen LogP contribution < -0.4 is 10.6 Å². The fourth-order valence-electron chi connectivity index (χ4n) is 6.62. The van der Waals surface area contributed by atoms with Gasteiger partial charge in [0.15, 0.2) is 5.72 Å². The average molecular weight is 573 g/mol. The molecule has 2 saturated heterocycles. The number of halogens is 2. The van der Waals surface area contributed by atoms with E-state index in [1.165, 1.54) is 0 Å². The van der Waals surface area contributed by atoms with E-state index < -0.39 is 17.6 Å². The number of nitrogens with one attached hydrogen (secondary N) is 2. The minimum Gasteiger partial charge on any atom is -0.363 e. The summed E-state index contributed by atoms with van der Waals surface area (Å²) in [6, 6.07) is 3.73. The maximum atomic E-state index is 13.8. The highest BCUT2D eigenvalue weighted by Gasteiger charge is 2.49. The lowest BCUT2D eigenvalue weighted by Gasteiger charge is -2.49. The van der Waals surface area contributed by atoms with Gasteiger partial charge in [-0.2, -0.15) is 0 Å². The van der Waals surface area contributed by atoms with Crippen LogP contribution in [0.1, 0.15) is 51.5 Å². The number of carbonyl (C=O) groups is 2. The van der Waals surface area contributed by atoms with E-state index in [1.54, 1.807) is 17.3 Å². The van der Waals surface area contributed by atoms with Gasteiger partial charge in [0.25, 0.3) is 5.91 Å². The summed E-state index contributed by atoms with van der Waals surface area (Å²) in [6.07, 6.45) is 7.01. The summed E-state index contributed by atoms with van der Waals surface area (Å²) < 4.78 is 33.0. The highest BCUT2D eigenvalue weighted by atomic mass is 19.3. The fraction of sp³-hybridized carbons (Fsp3) is 0.633. The van der Waals surface area contributed by atoms with E-state index in [1.807, 2.05) is 38.3 Å². The van der Waals surface area contributed by atoms with E-state index in [9.17, 15) is 18.4 Å². The molecule has 5 rings (SSSR count). The van der Waals surface area contributed by atoms with Crippen molar-refractivity contribution in [1.82, 2.24) is 30.3 Å². The van der Waals surface area contributed by atoms with Crippen LogP contribution in [-0.2, 0) is 20.1 Å². The molecule has 4 aliphatic rings. The van der Waals surface area contributed by atoms with Crippen LogP contribution in [0.4, 0.5) is 8.78 Å². The SMILES string of the molecule is CCOC1(c2cccnc2)C=CC(N2CCN(C(=O)C3(CC(F)F)CCC3)C[C@H]2CC)=C(C(=O)NC2CN(C)C2)N1. The Labute approximate surface area is 241 Å². The van der Waals surface area contributed by atoms with Crippen molar-refractivity contribution < 1.29 is 23.1 Å². The molecule has 9 nitrogen and oxygen atoms in total. The Morgan fingerprint density at radius 1 is 1.22 bits per heavy atom. The number of nitrogens with zero attached hydrogens (tertiary/aromatic N) is 4. The first kappa shape index (κ1) is 29.4. The predicted molar refractivity (Wildman–Crippen MR) is 151 cm³/mol. The second kappa shape index (κ2) is 12.1. The number of amides is 2. The minimum atomic E-state index is -2.49. The molecular weight excluding hydrogens is 530 g/mol. The molecule has 1 saturated carbocycles. The maximum absolute atomic E-state index is 13.8. The number of likely N-dealkylation sites (N-methyl/N-ethyl adjacent to an activating group) is 1. The molecule has 0 aromatic carbocycles. The Morgan fingerprint density at radius 2 is 2.00 bits per heavy atom. The molecule has 41 heavy (non-hydrogen) atoms. The Kier molecular flexibility index (Phi) is 8.65. The first-order valence-corrected chi connectivity index (χ1v) is 14.8. The van der Waals surface area contributed by atoms with Gasteiger partial charge in [-0.05, 0) is 51.5 Å². The van der Waals surface area contributed by atoms with Gasteiger partial charge in [-0.15, -0.1) is 0 Å². The number of carbonyl (C=O) groups excluding carboxylic acids is 2. The Balaban J connectivity index is 1.42. The summed E-state index contributed by atoms with van der Waals surface area (Å²) in [5.74, 6) is -0.360. The van der Waals surface area contributed by atoms with Gasteiger partial charge in [-0.3, -0.25) is 14.6 Å². The molecule has 1 unspecified atom stereocenters. The number of likely N-dealkylation sites (tertiary alicyclic amines) is 1. The van der Waals surface area contributed by atoms with E-state index in [0.717, 1.165) is 37.2 Å². The maximum Gasteiger partial charge on any atom is 0.269 e. The first-order chi connectivity index (χ1) is 19.7. The number of dihydropyridines is 1. The summed E-state index contributed by atoms with van der Waals surface area (Å²) >= 11 is 0. The van der Waals surface area contributed by atoms with Gasteiger partial charge < -0.3 is 30.1 Å². The fourth-order valence-corrected chi connectivity index (χ4v) is 6.62. The van der Waals surface area contributed by atoms with Crippen molar-refractivity contribution in [2.75, 3.05) is 46.4 Å². The lowest BCUT2D eigenvalue weighted by Crippen LogP contribution is -2.61. The molecule has 224 valence electrons. The summed E-state index contributed by atoms with van der Waals surface area (Å²) in [5, 5.41) is 6.60. The van der Waals surface area contributed by atoms with Crippen LogP contribution in [0.25, 0.3) is 0 Å². The van der Waals surface area contributed by atoms with Crippen LogP contribution in [-0.4, -0.2) is 96.4 Å². The second-order valence-electron chi connectivity index (χ2n) is 11.8. The number of alkyl halides is 2. The zero-order chi connectivity index (χ0) is 29.2. The number of aromatic nitrogens is 1. The highest BCUT2D eigenvalue weighted by molar-refractivity contribution is 5.95. The number of hydrogen-bond donors (Lipinski definition) is 2. The Morgan fingerprint density at radius 3 is 2.59 bits per heavy atom. The zero-order valence-corrected chi connectivity index (χ0v) is 24.2. The topological polar surface area (TPSA) is 90.0 Å². The molecule has 3 fully saturated rings. The molecule has 2 amide bonds. The van der Waals surface area contributed by atoms with Crippen molar-refractivity contribution in [1.29, 1.82) is 0 Å². The van der Waals surface area contributed by atoms with Crippen molar-refractivity contribution in [3.05, 3.63) is 53.6 Å². The van der Waals surface area contributed by atoms with Gasteiger partial charge in [-0.1, -0.05) is 19.4 Å². The molecule has 2 atom stereocenters. The van der Waals surface area contributed by atoms with E-state index >= 15 is 0 Å². The molecule has 1 aromatic heterocycles. The van der Waals surface area contributed by atoms with Crippen LogP contribution in [0.3, 0.4) is 0 Å². The minimum absolute atomic E-state index is 0.0544. The molecule has 0 bridgehead atoms. The smallest absolute Gasteiger partial charge is 0.269 e. The number of pyridine rings is 1. The third-order valence-electron chi connectivity index (χ3n) is 8.99. The summed E-state index contributed by atoms with van der Waals surface area (Å²) in [4.78, 5) is 37.7. The molecule has 3 aliphatic heterocycles. The van der Waals surface area contributed by atoms with Crippen molar-refractivity contribution in [2.45, 2.75) is 70.2 Å². The predicted octanol–water partition coefficient (Wildman–Crippen LogP) is 2.82. The third kappa shape index (κ3) is 5.83. The molecule has 4 heterocycles. The van der Waals surface area contributed by atoms with E-state index in [2.05, 4.69) is 32.3 Å². The van der Waals surface area contributed by atoms with Crippen LogP contribution in [0, 0.1) is 5.41 Å². The molecular formula is C30H42F2N6O3. The molecule has 2 N–H and O–H groups in total. The number of piperazine rings is 1. The van der Waals surface area contributed by atoms with E-state index in [-0.39, 0.29) is 30.3 Å². The lowest BCUT2D eigenvalue weighted by atomic mass is 9.65. The number of hydrogen-bond acceptors (Lipinski definition) is 7. The van der Waals surface area contributed by atoms with Crippen molar-refractivity contribution >= 4 is 11.8 Å². The monoisotopic (exact) mass is 572 g/mol. The second-order valence-corrected chi connectivity index (χ2v) is 11.8. The molecule has 11 heteroatoms. The van der Waals surface area contributed by atoms with Gasteiger partial charge >= 0.3 is 0 Å². The molecule has 0 spiro atoms. The van der Waals surface area contributed by atoms with Gasteiger partial charge in [0.1, 0.15) is 5.70 Å². The van der Waals surface area contributed by atoms with Crippen LogP contribution >= 0.6 is 0 Å². The summed E-state index contributed by atoms with van der Waals surface area (Å²) in [5.41, 5.74) is -0.0775. The normalized spacial score (nSPS) is 26.4. The van der Waals surface area contributed by atoms with Gasteiger partial charge in [-0.25, -0.2) is 8.78 Å². The summed E-state index contributed by atoms with van der Waals surface area (Å²) in [7, 11) is 2.01. The zero-order valence-electron chi connectivity index (χ0n) is 24.2. The van der Waals surface area contributed by atoms with E-state index in [0.29, 0.717) is 44.8 Å². The summed E-state index contributed by atoms with van der Waals surface area (Å²) in [6.45, 7) is 7.26. The number of allylic oxidation sites excluding steroid dienone is 1. The molecule has 1 aromatic rings. The lowest BCUT2D eigenvalue weighted by molar-refractivity contribution is -0.154. The van der Waals surface area contributed by atoms with Gasteiger partial charge in [0, 0.05) is 69.8 Å². The van der Waals surface area contributed by atoms with Crippen molar-refractivity contribution in [3.63, 3.8) is 0 Å². The van der Waals surface area contributed by atoms with Gasteiger partial charge in [0.2, 0.25) is 12.3 Å². The Hall–Kier alpha value is -3.05. The Bertz CT molecular complexity index is 1170. The molecule has 1 aliphatic carbocycles. The van der Waals surface area contributed by atoms with Crippen LogP contribution in [0.5, 0.6) is 0 Å². The van der Waals surface area contributed by atoms with Crippen molar-refractivity contribution in [2.24, 2.45) is 5.41 Å². The quantitative estimate of drug-likeness (QED) is 0.446. The third-order valence-corrected chi connectivity index (χ3v) is 8.99. The number of ether oxygens (including phenoxy) is 1. The molecule has 0 radical (unpaired) electrons. The van der Waals surface area contributed by atoms with Crippen LogP contribution in [0.2, 0.25) is 0 Å². The van der Waals surface area contributed by atoms with Gasteiger partial charge in [0.05, 0.1) is 17.2 Å². The average Bonchev–Trinajstić information content (AvgIpc) is 2.94. The van der Waals surface area contributed by atoms with E-state index in [4.69, 9.17) is 4.74 Å². The standard InChI is InChI=1S/C30H42F2N6O3/c1-4-23-20-37(28(40)29(10-7-11-29)16-25(31)32)14-15-38(23)24-9-12-30(41-5-2,21-8-6-13-33-17-21)35-26(24)27(39)34-22-18-36(3)19-22/h6,8-9,12-13,17,22-23,25,35H,4-5,7,10-11,14-16,18-20H2,1-3H3,(H,34,39)/t23-,30?/m1/s1. The largest absolute Gasteiger partial charge is 0.363 e.